The van der Waals surface area contributed by atoms with Gasteiger partial charge in [-0.05, 0) is 50.2 Å². The highest BCUT2D eigenvalue weighted by Crippen LogP contribution is 2.28. The summed E-state index contributed by atoms with van der Waals surface area (Å²) < 4.78 is 34.8. The van der Waals surface area contributed by atoms with Crippen LogP contribution in [0.5, 0.6) is 5.75 Å². The van der Waals surface area contributed by atoms with Gasteiger partial charge in [0.1, 0.15) is 23.6 Å². The van der Waals surface area contributed by atoms with E-state index in [0.29, 0.717) is 41.1 Å². The molecule has 9 heteroatoms. The van der Waals surface area contributed by atoms with E-state index in [1.807, 2.05) is 25.1 Å². The number of aromatic amines is 1. The Morgan fingerprint density at radius 2 is 2.06 bits per heavy atom. The summed E-state index contributed by atoms with van der Waals surface area (Å²) in [5.74, 6) is -0.605. The largest absolute Gasteiger partial charge is 0.497 e. The molecule has 3 aromatic heterocycles. The molecule has 0 radical (unpaired) electrons. The molecular formula is C24H25F2N5O2. The van der Waals surface area contributed by atoms with E-state index >= 15 is 0 Å². The number of likely N-dealkylation sites (N-methyl/N-ethyl adjacent to an activating group) is 1. The fourth-order valence-corrected chi connectivity index (χ4v) is 4.01. The van der Waals surface area contributed by atoms with Crippen LogP contribution in [0.1, 0.15) is 34.8 Å². The molecule has 0 spiro atoms. The van der Waals surface area contributed by atoms with Crippen molar-refractivity contribution in [3.05, 3.63) is 72.1 Å². The van der Waals surface area contributed by atoms with Gasteiger partial charge in [-0.25, -0.2) is 9.37 Å². The van der Waals surface area contributed by atoms with Gasteiger partial charge in [0.2, 0.25) is 5.95 Å². The molecule has 1 aromatic carbocycles. The zero-order valence-corrected chi connectivity index (χ0v) is 18.7. The highest BCUT2D eigenvalue weighted by molar-refractivity contribution is 6.00. The number of ketones is 1. The molecule has 1 atom stereocenters. The number of Topliss-reactive ketones (excluding diaryl/α,β-unsaturated/α-hetero) is 1. The second-order valence-corrected chi connectivity index (χ2v) is 8.25. The lowest BCUT2D eigenvalue weighted by Gasteiger charge is -2.22. The first-order valence-electron chi connectivity index (χ1n) is 10.5. The number of imidazole rings is 1. The van der Waals surface area contributed by atoms with Crippen LogP contribution in [0.2, 0.25) is 0 Å². The van der Waals surface area contributed by atoms with Crippen molar-refractivity contribution < 1.29 is 18.3 Å². The summed E-state index contributed by atoms with van der Waals surface area (Å²) in [6.07, 6.45) is 5.44. The average Bonchev–Trinajstić information content (AvgIpc) is 3.41. The Kier molecular flexibility index (Phi) is 6.50. The summed E-state index contributed by atoms with van der Waals surface area (Å²) in [6.45, 7) is 0.656. The number of aromatic nitrogens is 4. The van der Waals surface area contributed by atoms with Gasteiger partial charge in [-0.1, -0.05) is 6.07 Å². The number of methoxy groups -OCH3 is 1. The van der Waals surface area contributed by atoms with Gasteiger partial charge < -0.3 is 14.0 Å². The number of nitrogens with one attached hydrogen (secondary N) is 1. The average molecular weight is 453 g/mol. The molecule has 0 aliphatic heterocycles. The van der Waals surface area contributed by atoms with Gasteiger partial charge in [-0.3, -0.25) is 9.89 Å². The second kappa shape index (κ2) is 9.50. The molecule has 33 heavy (non-hydrogen) atoms. The van der Waals surface area contributed by atoms with Crippen LogP contribution < -0.4 is 4.74 Å². The summed E-state index contributed by atoms with van der Waals surface area (Å²) in [7, 11) is 5.38. The lowest BCUT2D eigenvalue weighted by atomic mass is 9.92. The number of carbonyl (C=O) groups excluding carboxylic acids is 1. The Labute approximate surface area is 190 Å². The molecule has 7 nitrogen and oxygen atoms in total. The number of halogens is 2. The number of hydrogen-bond acceptors (Lipinski definition) is 5. The number of nitrogens with zero attached hydrogens (tertiary/aromatic N) is 4. The maximum atomic E-state index is 14.1. The normalized spacial score (nSPS) is 12.4. The van der Waals surface area contributed by atoms with Crippen LogP contribution in [0.15, 0.2) is 49.1 Å². The number of carbonyl (C=O) groups is 1. The molecule has 0 fully saturated rings. The molecule has 0 amide bonds. The fraction of sp³-hybridized carbons (Fsp3) is 0.292. The summed E-state index contributed by atoms with van der Waals surface area (Å²) >= 11 is 0. The third-order valence-electron chi connectivity index (χ3n) is 5.61. The highest BCUT2D eigenvalue weighted by atomic mass is 19.1. The molecule has 3 heterocycles. The Morgan fingerprint density at radius 3 is 2.76 bits per heavy atom. The van der Waals surface area contributed by atoms with Gasteiger partial charge in [0.25, 0.3) is 0 Å². The van der Waals surface area contributed by atoms with Crippen molar-refractivity contribution in [3.8, 4) is 16.9 Å². The van der Waals surface area contributed by atoms with Crippen LogP contribution in [-0.2, 0) is 0 Å². The van der Waals surface area contributed by atoms with Crippen molar-refractivity contribution in [2.75, 3.05) is 27.7 Å². The minimum atomic E-state index is -0.522. The summed E-state index contributed by atoms with van der Waals surface area (Å²) in [5.41, 5.74) is 2.75. The molecule has 0 bridgehead atoms. The molecule has 4 aromatic rings. The number of fused-ring (bicyclic) bond motifs is 1. The van der Waals surface area contributed by atoms with Crippen LogP contribution in [0.4, 0.5) is 8.78 Å². The number of H-pyrrole nitrogens is 1. The lowest BCUT2D eigenvalue weighted by Crippen LogP contribution is -2.21. The molecule has 172 valence electrons. The number of rotatable bonds is 9. The first kappa shape index (κ1) is 22.6. The first-order valence-corrected chi connectivity index (χ1v) is 10.5. The van der Waals surface area contributed by atoms with Gasteiger partial charge >= 0.3 is 0 Å². The SMILES string of the molecule is COc1cc(F)cc([C@H](CCC(=O)c2ncn3cc(-c4cn[nH]c4F)ccc23)CN(C)C)c1. The number of benzene rings is 1. The van der Waals surface area contributed by atoms with E-state index in [1.54, 1.807) is 29.1 Å². The van der Waals surface area contributed by atoms with E-state index in [1.165, 1.54) is 25.4 Å². The Hall–Kier alpha value is -3.59. The third-order valence-corrected chi connectivity index (χ3v) is 5.61. The minimum Gasteiger partial charge on any atom is -0.497 e. The molecule has 0 aliphatic rings. The first-order chi connectivity index (χ1) is 15.9. The molecule has 0 unspecified atom stereocenters. The maximum Gasteiger partial charge on any atom is 0.216 e. The van der Waals surface area contributed by atoms with E-state index < -0.39 is 5.95 Å². The van der Waals surface area contributed by atoms with Gasteiger partial charge in [-0.2, -0.15) is 9.49 Å². The molecule has 4 rings (SSSR count). The van der Waals surface area contributed by atoms with Crippen LogP contribution in [0.25, 0.3) is 16.6 Å². The zero-order valence-electron chi connectivity index (χ0n) is 18.7. The van der Waals surface area contributed by atoms with E-state index in [9.17, 15) is 13.6 Å². The van der Waals surface area contributed by atoms with Crippen LogP contribution in [-0.4, -0.2) is 58.0 Å². The summed E-state index contributed by atoms with van der Waals surface area (Å²) in [5, 5.41) is 5.97. The number of hydrogen-bond donors (Lipinski definition) is 1. The second-order valence-electron chi connectivity index (χ2n) is 8.25. The number of ether oxygens (including phenoxy) is 1. The van der Waals surface area contributed by atoms with Crippen LogP contribution in [0, 0.1) is 11.8 Å². The Balaban J connectivity index is 1.54. The smallest absolute Gasteiger partial charge is 0.216 e. The lowest BCUT2D eigenvalue weighted by molar-refractivity contribution is 0.0973. The Morgan fingerprint density at radius 1 is 1.24 bits per heavy atom. The van der Waals surface area contributed by atoms with Crippen molar-refractivity contribution in [1.29, 1.82) is 0 Å². The molecule has 1 N–H and O–H groups in total. The standard InChI is InChI=1S/C24H25F2N5O2/c1-30(2)12-15(17-8-18(25)10-19(9-17)33-3)5-7-22(32)23-21-6-4-16(13-31(21)14-27-23)20-11-28-29-24(20)26/h4,6,8-11,13-15H,5,7,12H2,1-3H3,(H,28,29)/t15-/m1/s1. The van der Waals surface area contributed by atoms with Gasteiger partial charge in [0.15, 0.2) is 5.78 Å². The van der Waals surface area contributed by atoms with E-state index in [0.717, 1.165) is 5.56 Å². The zero-order chi connectivity index (χ0) is 23.5. The maximum absolute atomic E-state index is 14.1. The van der Waals surface area contributed by atoms with E-state index in [-0.39, 0.29) is 23.9 Å². The predicted molar refractivity (Wildman–Crippen MR) is 121 cm³/mol. The molecular weight excluding hydrogens is 428 g/mol. The van der Waals surface area contributed by atoms with Crippen molar-refractivity contribution in [3.63, 3.8) is 0 Å². The predicted octanol–water partition coefficient (Wildman–Crippen LogP) is 4.32. The molecule has 0 saturated heterocycles. The fourth-order valence-electron chi connectivity index (χ4n) is 4.01. The molecule has 0 aliphatic carbocycles. The van der Waals surface area contributed by atoms with Crippen LogP contribution in [0.3, 0.4) is 0 Å². The van der Waals surface area contributed by atoms with Crippen LogP contribution >= 0.6 is 0 Å². The highest BCUT2D eigenvalue weighted by Gasteiger charge is 2.20. The quantitative estimate of drug-likeness (QED) is 0.382. The minimum absolute atomic E-state index is 0.0573. The number of pyridine rings is 1. The third kappa shape index (κ3) is 4.93. The molecule has 0 saturated carbocycles. The van der Waals surface area contributed by atoms with Gasteiger partial charge in [0.05, 0.1) is 24.4 Å². The van der Waals surface area contributed by atoms with E-state index in [2.05, 4.69) is 15.2 Å². The van der Waals surface area contributed by atoms with Gasteiger partial charge in [0, 0.05) is 30.8 Å². The van der Waals surface area contributed by atoms with Crippen molar-refractivity contribution in [2.45, 2.75) is 18.8 Å². The monoisotopic (exact) mass is 453 g/mol. The Bertz CT molecular complexity index is 1280. The van der Waals surface area contributed by atoms with E-state index in [4.69, 9.17) is 4.74 Å². The topological polar surface area (TPSA) is 75.5 Å². The summed E-state index contributed by atoms with van der Waals surface area (Å²) in [6, 6.07) is 8.11. The van der Waals surface area contributed by atoms with Gasteiger partial charge in [-0.15, -0.1) is 0 Å². The summed E-state index contributed by atoms with van der Waals surface area (Å²) in [4.78, 5) is 19.3. The van der Waals surface area contributed by atoms with Crippen molar-refractivity contribution in [1.82, 2.24) is 24.5 Å². The van der Waals surface area contributed by atoms with Crippen molar-refractivity contribution >= 4 is 11.3 Å². The van der Waals surface area contributed by atoms with Crippen molar-refractivity contribution in [2.24, 2.45) is 0 Å².